The van der Waals surface area contributed by atoms with Crippen molar-refractivity contribution in [1.29, 1.82) is 0 Å². The number of carbonyl (C=O) groups excluding carboxylic acids is 2. The first-order chi connectivity index (χ1) is 10.3. The zero-order valence-electron chi connectivity index (χ0n) is 11.3. The lowest BCUT2D eigenvalue weighted by molar-refractivity contribution is 0.0974. The average Bonchev–Trinajstić information content (AvgIpc) is 2.55. The fraction of sp³-hybridized carbons (Fsp3) is 0.0588. The van der Waals surface area contributed by atoms with E-state index in [-0.39, 0.29) is 11.8 Å². The van der Waals surface area contributed by atoms with E-state index < -0.39 is 6.04 Å². The molecule has 0 radical (unpaired) electrons. The van der Waals surface area contributed by atoms with Crippen molar-refractivity contribution >= 4 is 17.5 Å². The summed E-state index contributed by atoms with van der Waals surface area (Å²) in [6.45, 7) is 0. The van der Waals surface area contributed by atoms with Crippen LogP contribution in [-0.4, -0.2) is 17.9 Å². The topological polar surface area (TPSA) is 49.4 Å². The Morgan fingerprint density at radius 3 is 2.24 bits per heavy atom. The molecule has 4 nitrogen and oxygen atoms in total. The molecule has 3 rings (SSSR count). The van der Waals surface area contributed by atoms with Crippen LogP contribution < -0.4 is 10.2 Å². The second-order valence-corrected chi connectivity index (χ2v) is 4.69. The van der Waals surface area contributed by atoms with Crippen LogP contribution in [0.1, 0.15) is 10.4 Å². The van der Waals surface area contributed by atoms with E-state index in [4.69, 9.17) is 0 Å². The third kappa shape index (κ3) is 2.56. The van der Waals surface area contributed by atoms with Gasteiger partial charge in [0, 0.05) is 17.5 Å². The predicted octanol–water partition coefficient (Wildman–Crippen LogP) is 2.98. The summed E-state index contributed by atoms with van der Waals surface area (Å²) in [5.41, 5.74) is 1.27. The van der Waals surface area contributed by atoms with Crippen LogP contribution in [0.3, 0.4) is 0 Å². The van der Waals surface area contributed by atoms with Crippen LogP contribution in [0.2, 0.25) is 0 Å². The molecule has 1 aliphatic rings. The zero-order chi connectivity index (χ0) is 14.7. The highest BCUT2D eigenvalue weighted by Crippen LogP contribution is 2.22. The fourth-order valence-electron chi connectivity index (χ4n) is 2.34. The van der Waals surface area contributed by atoms with E-state index in [1.54, 1.807) is 18.2 Å². The van der Waals surface area contributed by atoms with E-state index in [2.05, 4.69) is 5.32 Å². The summed E-state index contributed by atoms with van der Waals surface area (Å²) in [6.07, 6.45) is 3.22. The molecule has 1 N–H and O–H groups in total. The van der Waals surface area contributed by atoms with E-state index in [0.717, 1.165) is 0 Å². The molecule has 0 saturated carbocycles. The number of benzene rings is 2. The maximum Gasteiger partial charge on any atom is 0.326 e. The van der Waals surface area contributed by atoms with Gasteiger partial charge in [-0.05, 0) is 18.2 Å². The van der Waals surface area contributed by atoms with Crippen LogP contribution in [0, 0.1) is 0 Å². The highest BCUT2D eigenvalue weighted by Gasteiger charge is 2.31. The highest BCUT2D eigenvalue weighted by molar-refractivity contribution is 6.09. The predicted molar refractivity (Wildman–Crippen MR) is 81.2 cm³/mol. The second kappa shape index (κ2) is 5.63. The van der Waals surface area contributed by atoms with E-state index >= 15 is 0 Å². The van der Waals surface area contributed by atoms with Gasteiger partial charge in [-0.2, -0.15) is 0 Å². The second-order valence-electron chi connectivity index (χ2n) is 4.69. The molecule has 0 aliphatic carbocycles. The van der Waals surface area contributed by atoms with Gasteiger partial charge in [0.2, 0.25) is 0 Å². The summed E-state index contributed by atoms with van der Waals surface area (Å²) in [7, 11) is 0. The molecule has 2 aromatic carbocycles. The minimum Gasteiger partial charge on any atom is -0.314 e. The summed E-state index contributed by atoms with van der Waals surface area (Å²) in [6, 6.07) is 17.2. The lowest BCUT2D eigenvalue weighted by atomic mass is 10.0. The Morgan fingerprint density at radius 2 is 1.57 bits per heavy atom. The first kappa shape index (κ1) is 13.1. The molecule has 1 atom stereocenters. The third-order valence-corrected chi connectivity index (χ3v) is 3.34. The minimum absolute atomic E-state index is 0.106. The lowest BCUT2D eigenvalue weighted by Gasteiger charge is -2.31. The van der Waals surface area contributed by atoms with Crippen molar-refractivity contribution in [2.75, 3.05) is 4.90 Å². The Labute approximate surface area is 122 Å². The van der Waals surface area contributed by atoms with Crippen LogP contribution in [0.15, 0.2) is 72.9 Å². The van der Waals surface area contributed by atoms with Gasteiger partial charge in [-0.1, -0.05) is 48.5 Å². The number of rotatable bonds is 3. The Bertz CT molecular complexity index is 680. The molecule has 0 aromatic heterocycles. The van der Waals surface area contributed by atoms with Gasteiger partial charge in [-0.3, -0.25) is 9.69 Å². The van der Waals surface area contributed by atoms with Crippen molar-refractivity contribution in [1.82, 2.24) is 5.32 Å². The number of amides is 2. The number of para-hydroxylation sites is 1. The Kier molecular flexibility index (Phi) is 3.51. The van der Waals surface area contributed by atoms with E-state index in [0.29, 0.717) is 11.3 Å². The van der Waals surface area contributed by atoms with Gasteiger partial charge in [-0.25, -0.2) is 4.79 Å². The number of urea groups is 1. The highest BCUT2D eigenvalue weighted by atomic mass is 16.2. The number of ketones is 1. The first-order valence-electron chi connectivity index (χ1n) is 6.68. The van der Waals surface area contributed by atoms with Crippen molar-refractivity contribution in [3.63, 3.8) is 0 Å². The smallest absolute Gasteiger partial charge is 0.314 e. The first-order valence-corrected chi connectivity index (χ1v) is 6.68. The van der Waals surface area contributed by atoms with Crippen LogP contribution in [-0.2, 0) is 0 Å². The molecule has 0 fully saturated rings. The monoisotopic (exact) mass is 278 g/mol. The SMILES string of the molecule is O=C(c1ccccc1)C1C=CNC(=O)N1c1ccccc1. The molecule has 2 aromatic rings. The van der Waals surface area contributed by atoms with Crippen molar-refractivity contribution in [3.05, 3.63) is 78.5 Å². The maximum absolute atomic E-state index is 12.7. The standard InChI is InChI=1S/C17H14N2O2/c20-16(13-7-3-1-4-8-13)15-11-12-18-17(21)19(15)14-9-5-2-6-10-14/h1-12,15H,(H,18,21). The van der Waals surface area contributed by atoms with Crippen LogP contribution in [0.5, 0.6) is 0 Å². The number of nitrogens with zero attached hydrogens (tertiary/aromatic N) is 1. The summed E-state index contributed by atoms with van der Waals surface area (Å²) >= 11 is 0. The molecule has 4 heteroatoms. The Hall–Kier alpha value is -2.88. The molecule has 0 bridgehead atoms. The molecular formula is C17H14N2O2. The number of hydrogen-bond donors (Lipinski definition) is 1. The Balaban J connectivity index is 1.99. The maximum atomic E-state index is 12.7. The van der Waals surface area contributed by atoms with E-state index in [1.165, 1.54) is 11.1 Å². The molecule has 21 heavy (non-hydrogen) atoms. The van der Waals surface area contributed by atoms with Crippen molar-refractivity contribution in [2.24, 2.45) is 0 Å². The van der Waals surface area contributed by atoms with Gasteiger partial charge >= 0.3 is 6.03 Å². The quantitative estimate of drug-likeness (QED) is 0.877. The Morgan fingerprint density at radius 1 is 0.952 bits per heavy atom. The molecule has 1 aliphatic heterocycles. The average molecular weight is 278 g/mol. The number of carbonyl (C=O) groups is 2. The molecule has 104 valence electrons. The molecule has 0 saturated heterocycles. The van der Waals surface area contributed by atoms with Crippen LogP contribution in [0.4, 0.5) is 10.5 Å². The summed E-state index contributed by atoms with van der Waals surface area (Å²) in [5.74, 6) is -0.106. The fourth-order valence-corrected chi connectivity index (χ4v) is 2.34. The summed E-state index contributed by atoms with van der Waals surface area (Å²) in [4.78, 5) is 26.3. The van der Waals surface area contributed by atoms with Crippen molar-refractivity contribution in [2.45, 2.75) is 6.04 Å². The van der Waals surface area contributed by atoms with Crippen molar-refractivity contribution < 1.29 is 9.59 Å². The number of Topliss-reactive ketones (excluding diaryl/α,β-unsaturated/α-hetero) is 1. The normalized spacial score (nSPS) is 17.4. The summed E-state index contributed by atoms with van der Waals surface area (Å²) < 4.78 is 0. The molecule has 1 heterocycles. The molecule has 0 spiro atoms. The third-order valence-electron chi connectivity index (χ3n) is 3.34. The minimum atomic E-state index is -0.636. The van der Waals surface area contributed by atoms with Crippen LogP contribution in [0.25, 0.3) is 0 Å². The molecular weight excluding hydrogens is 264 g/mol. The molecule has 2 amide bonds. The zero-order valence-corrected chi connectivity index (χ0v) is 11.3. The van der Waals surface area contributed by atoms with Gasteiger partial charge < -0.3 is 5.32 Å². The number of anilines is 1. The van der Waals surface area contributed by atoms with Crippen molar-refractivity contribution in [3.8, 4) is 0 Å². The number of hydrogen-bond acceptors (Lipinski definition) is 2. The molecule has 1 unspecified atom stereocenters. The van der Waals surface area contributed by atoms with Crippen LogP contribution >= 0.6 is 0 Å². The van der Waals surface area contributed by atoms with Gasteiger partial charge in [0.15, 0.2) is 5.78 Å². The van der Waals surface area contributed by atoms with Gasteiger partial charge in [0.05, 0.1) is 0 Å². The largest absolute Gasteiger partial charge is 0.326 e. The van der Waals surface area contributed by atoms with Gasteiger partial charge in [0.1, 0.15) is 6.04 Å². The number of nitrogens with one attached hydrogen (secondary N) is 1. The summed E-state index contributed by atoms with van der Waals surface area (Å²) in [5, 5.41) is 2.62. The van der Waals surface area contributed by atoms with E-state index in [9.17, 15) is 9.59 Å². The van der Waals surface area contributed by atoms with Gasteiger partial charge in [-0.15, -0.1) is 0 Å². The lowest BCUT2D eigenvalue weighted by Crippen LogP contribution is -2.51. The van der Waals surface area contributed by atoms with E-state index in [1.807, 2.05) is 48.5 Å². The van der Waals surface area contributed by atoms with Gasteiger partial charge in [0.25, 0.3) is 0 Å².